The number of carbonyl (C=O) groups excluding carboxylic acids is 1. The van der Waals surface area contributed by atoms with Crippen molar-refractivity contribution in [2.75, 3.05) is 6.54 Å². The molecule has 6 nitrogen and oxygen atoms in total. The summed E-state index contributed by atoms with van der Waals surface area (Å²) in [5, 5.41) is 10.4. The molecule has 1 aliphatic carbocycles. The van der Waals surface area contributed by atoms with E-state index in [-0.39, 0.29) is 23.3 Å². The number of nitrogens with zero attached hydrogens (tertiary/aromatic N) is 2. The van der Waals surface area contributed by atoms with Crippen molar-refractivity contribution in [3.63, 3.8) is 0 Å². The Morgan fingerprint density at radius 1 is 1.21 bits per heavy atom. The Hall–Kier alpha value is -1.69. The standard InChI is InChI=1S/C18H28N4O2/c1-22-17(23)10-8-15(21-22)18(24)20-16-9-7-14(12-19-16)11-13-5-3-2-4-6-13/h8,10,13-14,16,19H,2-7,9,11-12H2,1H3,(H,20,24). The fourth-order valence-corrected chi connectivity index (χ4v) is 3.99. The molecule has 1 aliphatic heterocycles. The summed E-state index contributed by atoms with van der Waals surface area (Å²) in [6.45, 7) is 0.974. The Bertz CT molecular complexity index is 614. The maximum atomic E-state index is 12.2. The Balaban J connectivity index is 1.45. The van der Waals surface area contributed by atoms with Crippen molar-refractivity contribution >= 4 is 5.91 Å². The lowest BCUT2D eigenvalue weighted by Crippen LogP contribution is -2.50. The van der Waals surface area contributed by atoms with Crippen molar-refractivity contribution in [3.8, 4) is 0 Å². The van der Waals surface area contributed by atoms with Gasteiger partial charge in [-0.3, -0.25) is 14.9 Å². The summed E-state index contributed by atoms with van der Waals surface area (Å²) in [5.74, 6) is 1.41. The van der Waals surface area contributed by atoms with E-state index < -0.39 is 0 Å². The summed E-state index contributed by atoms with van der Waals surface area (Å²) >= 11 is 0. The minimum Gasteiger partial charge on any atom is -0.335 e. The quantitative estimate of drug-likeness (QED) is 0.882. The highest BCUT2D eigenvalue weighted by Crippen LogP contribution is 2.31. The molecule has 3 rings (SSSR count). The van der Waals surface area contributed by atoms with Gasteiger partial charge in [-0.05, 0) is 43.7 Å². The summed E-state index contributed by atoms with van der Waals surface area (Å²) in [4.78, 5) is 23.6. The zero-order valence-corrected chi connectivity index (χ0v) is 14.5. The topological polar surface area (TPSA) is 76.0 Å². The molecule has 6 heteroatoms. The zero-order valence-electron chi connectivity index (χ0n) is 14.5. The van der Waals surface area contributed by atoms with E-state index in [1.807, 2.05) is 0 Å². The van der Waals surface area contributed by atoms with Crippen LogP contribution < -0.4 is 16.2 Å². The number of aromatic nitrogens is 2. The fourth-order valence-electron chi connectivity index (χ4n) is 3.99. The van der Waals surface area contributed by atoms with Gasteiger partial charge in [-0.15, -0.1) is 0 Å². The van der Waals surface area contributed by atoms with Gasteiger partial charge in [0.15, 0.2) is 0 Å². The van der Waals surface area contributed by atoms with Crippen LogP contribution in [0.25, 0.3) is 0 Å². The smallest absolute Gasteiger partial charge is 0.272 e. The molecule has 1 amide bonds. The molecule has 2 aliphatic rings. The number of piperidine rings is 1. The van der Waals surface area contributed by atoms with Crippen LogP contribution in [-0.4, -0.2) is 28.4 Å². The van der Waals surface area contributed by atoms with E-state index in [1.54, 1.807) is 7.05 Å². The van der Waals surface area contributed by atoms with E-state index in [1.165, 1.54) is 55.3 Å². The van der Waals surface area contributed by atoms with Gasteiger partial charge in [-0.2, -0.15) is 5.10 Å². The monoisotopic (exact) mass is 332 g/mol. The molecule has 2 fully saturated rings. The average Bonchev–Trinajstić information content (AvgIpc) is 2.60. The minimum absolute atomic E-state index is 0.000796. The van der Waals surface area contributed by atoms with Crippen molar-refractivity contribution in [3.05, 3.63) is 28.2 Å². The summed E-state index contributed by atoms with van der Waals surface area (Å²) in [6, 6.07) is 2.85. The van der Waals surface area contributed by atoms with Crippen molar-refractivity contribution in [2.45, 2.75) is 57.5 Å². The second kappa shape index (κ2) is 7.92. The molecule has 0 aromatic carbocycles. The first-order valence-corrected chi connectivity index (χ1v) is 9.20. The normalized spacial score (nSPS) is 25.4. The number of amides is 1. The third kappa shape index (κ3) is 4.44. The highest BCUT2D eigenvalue weighted by atomic mass is 16.2. The number of aryl methyl sites for hydroxylation is 1. The Morgan fingerprint density at radius 3 is 2.67 bits per heavy atom. The van der Waals surface area contributed by atoms with E-state index in [0.29, 0.717) is 0 Å². The first-order valence-electron chi connectivity index (χ1n) is 9.20. The van der Waals surface area contributed by atoms with Gasteiger partial charge >= 0.3 is 0 Å². The van der Waals surface area contributed by atoms with Crippen molar-refractivity contribution in [2.24, 2.45) is 18.9 Å². The van der Waals surface area contributed by atoms with Crippen LogP contribution in [0.4, 0.5) is 0 Å². The number of hydrogen-bond donors (Lipinski definition) is 2. The van der Waals surface area contributed by atoms with Gasteiger partial charge < -0.3 is 5.32 Å². The van der Waals surface area contributed by atoms with Gasteiger partial charge in [0.25, 0.3) is 11.5 Å². The van der Waals surface area contributed by atoms with Crippen LogP contribution in [0.3, 0.4) is 0 Å². The molecule has 1 saturated heterocycles. The fraction of sp³-hybridized carbons (Fsp3) is 0.722. The van der Waals surface area contributed by atoms with Crippen LogP contribution in [0.15, 0.2) is 16.9 Å². The Morgan fingerprint density at radius 2 is 2.00 bits per heavy atom. The molecule has 132 valence electrons. The van der Waals surface area contributed by atoms with Crippen molar-refractivity contribution in [1.82, 2.24) is 20.4 Å². The first-order chi connectivity index (χ1) is 11.6. The lowest BCUT2D eigenvalue weighted by atomic mass is 9.80. The summed E-state index contributed by atoms with van der Waals surface area (Å²) in [7, 11) is 1.55. The zero-order chi connectivity index (χ0) is 16.9. The van der Waals surface area contributed by atoms with Gasteiger partial charge in [0.1, 0.15) is 5.69 Å². The number of nitrogens with one attached hydrogen (secondary N) is 2. The van der Waals surface area contributed by atoms with E-state index in [2.05, 4.69) is 15.7 Å². The lowest BCUT2D eigenvalue weighted by Gasteiger charge is -2.33. The lowest BCUT2D eigenvalue weighted by molar-refractivity contribution is 0.0903. The predicted octanol–water partition coefficient (Wildman–Crippen LogP) is 1.81. The molecule has 1 aromatic rings. The number of rotatable bonds is 4. The molecule has 2 unspecified atom stereocenters. The highest BCUT2D eigenvalue weighted by molar-refractivity contribution is 5.92. The molecule has 2 heterocycles. The van der Waals surface area contributed by atoms with Crippen LogP contribution in [0.1, 0.15) is 61.9 Å². The maximum Gasteiger partial charge on any atom is 0.272 e. The summed E-state index contributed by atoms with van der Waals surface area (Å²) < 4.78 is 1.18. The van der Waals surface area contributed by atoms with Crippen LogP contribution in [0.2, 0.25) is 0 Å². The highest BCUT2D eigenvalue weighted by Gasteiger charge is 2.25. The molecular weight excluding hydrogens is 304 g/mol. The molecular formula is C18H28N4O2. The largest absolute Gasteiger partial charge is 0.335 e. The maximum absolute atomic E-state index is 12.2. The van der Waals surface area contributed by atoms with Gasteiger partial charge in [-0.1, -0.05) is 32.1 Å². The minimum atomic E-state index is -0.228. The molecule has 24 heavy (non-hydrogen) atoms. The SMILES string of the molecule is Cn1nc(C(=O)NC2CCC(CC3CCCCC3)CN2)ccc1=O. The second-order valence-corrected chi connectivity index (χ2v) is 7.30. The van der Waals surface area contributed by atoms with E-state index >= 15 is 0 Å². The third-order valence-corrected chi connectivity index (χ3v) is 5.41. The first kappa shape index (κ1) is 17.1. The Kier molecular flexibility index (Phi) is 5.66. The number of carbonyl (C=O) groups is 1. The van der Waals surface area contributed by atoms with Crippen LogP contribution in [0, 0.1) is 11.8 Å². The molecule has 2 atom stereocenters. The number of hydrogen-bond acceptors (Lipinski definition) is 4. The van der Waals surface area contributed by atoms with E-state index in [9.17, 15) is 9.59 Å². The predicted molar refractivity (Wildman–Crippen MR) is 92.7 cm³/mol. The van der Waals surface area contributed by atoms with Crippen molar-refractivity contribution < 1.29 is 4.79 Å². The second-order valence-electron chi connectivity index (χ2n) is 7.30. The molecule has 0 bridgehead atoms. The van der Waals surface area contributed by atoms with Crippen LogP contribution in [0.5, 0.6) is 0 Å². The molecule has 2 N–H and O–H groups in total. The third-order valence-electron chi connectivity index (χ3n) is 5.41. The van der Waals surface area contributed by atoms with E-state index in [4.69, 9.17) is 0 Å². The molecule has 1 aromatic heterocycles. The van der Waals surface area contributed by atoms with Gasteiger partial charge in [0, 0.05) is 13.1 Å². The Labute approximate surface area is 143 Å². The van der Waals surface area contributed by atoms with Gasteiger partial charge in [0.05, 0.1) is 6.17 Å². The van der Waals surface area contributed by atoms with Gasteiger partial charge in [-0.25, -0.2) is 4.68 Å². The summed E-state index contributed by atoms with van der Waals surface area (Å²) in [6.07, 6.45) is 10.4. The van der Waals surface area contributed by atoms with Crippen molar-refractivity contribution in [1.29, 1.82) is 0 Å². The molecule has 0 radical (unpaired) electrons. The van der Waals surface area contributed by atoms with Gasteiger partial charge in [0.2, 0.25) is 0 Å². The van der Waals surface area contributed by atoms with Crippen LogP contribution in [-0.2, 0) is 7.05 Å². The average molecular weight is 332 g/mol. The molecule has 0 spiro atoms. The van der Waals surface area contributed by atoms with E-state index in [0.717, 1.165) is 31.2 Å². The molecule has 1 saturated carbocycles. The van der Waals surface area contributed by atoms with Crippen LogP contribution >= 0.6 is 0 Å². The summed E-state index contributed by atoms with van der Waals surface area (Å²) in [5.41, 5.74) is 0.0659.